The van der Waals surface area contributed by atoms with Crippen molar-refractivity contribution >= 4 is 23.0 Å². The molecule has 3 heterocycles. The first kappa shape index (κ1) is 17.8. The van der Waals surface area contributed by atoms with Crippen molar-refractivity contribution in [2.75, 3.05) is 11.9 Å². The molecule has 4 rings (SSSR count). The van der Waals surface area contributed by atoms with E-state index in [2.05, 4.69) is 5.32 Å². The number of carbonyl (C=O) groups excluding carboxylic acids is 1. The van der Waals surface area contributed by atoms with Gasteiger partial charge >= 0.3 is 6.09 Å². The summed E-state index contributed by atoms with van der Waals surface area (Å²) in [7, 11) is 0. The van der Waals surface area contributed by atoms with E-state index in [4.69, 9.17) is 4.74 Å². The highest BCUT2D eigenvalue weighted by Gasteiger charge is 2.44. The molecule has 0 aromatic heterocycles. The number of piperidine rings is 1. The molecule has 2 saturated heterocycles. The number of anilines is 1. The highest BCUT2D eigenvalue weighted by atomic mass is 16.6. The summed E-state index contributed by atoms with van der Waals surface area (Å²) < 4.78 is 5.60. The standard InChI is InChI=1S/C20H25N3O4/c1-20(2,3)27-19(24)22-13-4-5-14(22)9-12(8-13)17-11-21-18-7-6-15(23(25)26)10-16(17)18/h6-7,10,13-14,21H,4-5,8-9,11H2,1-3H3. The highest BCUT2D eigenvalue weighted by Crippen LogP contribution is 2.44. The first-order valence-electron chi connectivity index (χ1n) is 9.48. The summed E-state index contributed by atoms with van der Waals surface area (Å²) in [6, 6.07) is 5.30. The van der Waals surface area contributed by atoms with E-state index in [9.17, 15) is 14.9 Å². The number of amides is 1. The molecule has 1 N–H and O–H groups in total. The Bertz CT molecular complexity index is 824. The van der Waals surface area contributed by atoms with Crippen molar-refractivity contribution in [1.82, 2.24) is 4.90 Å². The monoisotopic (exact) mass is 371 g/mol. The third-order valence-electron chi connectivity index (χ3n) is 5.61. The molecule has 2 fully saturated rings. The molecule has 2 bridgehead atoms. The van der Waals surface area contributed by atoms with E-state index < -0.39 is 5.60 Å². The van der Waals surface area contributed by atoms with Gasteiger partial charge in [0, 0.05) is 42.0 Å². The Morgan fingerprint density at radius 2 is 1.93 bits per heavy atom. The number of ether oxygens (including phenoxy) is 1. The average Bonchev–Trinajstić information content (AvgIpc) is 3.11. The maximum absolute atomic E-state index is 12.6. The van der Waals surface area contributed by atoms with Gasteiger partial charge in [-0.2, -0.15) is 0 Å². The molecule has 2 atom stereocenters. The molecule has 3 aliphatic heterocycles. The lowest BCUT2D eigenvalue weighted by atomic mass is 9.90. The second-order valence-electron chi connectivity index (χ2n) is 8.60. The minimum absolute atomic E-state index is 0.115. The van der Waals surface area contributed by atoms with Crippen molar-refractivity contribution in [3.63, 3.8) is 0 Å². The number of benzene rings is 1. The molecule has 7 nitrogen and oxygen atoms in total. The lowest BCUT2D eigenvalue weighted by molar-refractivity contribution is -0.384. The van der Waals surface area contributed by atoms with Crippen LogP contribution < -0.4 is 5.32 Å². The van der Waals surface area contributed by atoms with Gasteiger partial charge in [-0.25, -0.2) is 4.79 Å². The minimum Gasteiger partial charge on any atom is -0.444 e. The van der Waals surface area contributed by atoms with Crippen LogP contribution in [0.4, 0.5) is 16.2 Å². The Morgan fingerprint density at radius 3 is 2.52 bits per heavy atom. The predicted octanol–water partition coefficient (Wildman–Crippen LogP) is 4.34. The van der Waals surface area contributed by atoms with Crippen molar-refractivity contribution in [3.05, 3.63) is 39.4 Å². The number of nitro benzene ring substituents is 1. The number of nitrogens with zero attached hydrogens (tertiary/aromatic N) is 2. The summed E-state index contributed by atoms with van der Waals surface area (Å²) in [5.74, 6) is 0. The maximum Gasteiger partial charge on any atom is 0.410 e. The van der Waals surface area contributed by atoms with Crippen LogP contribution in [0.3, 0.4) is 0 Å². The van der Waals surface area contributed by atoms with Crippen molar-refractivity contribution in [1.29, 1.82) is 0 Å². The molecule has 0 aliphatic carbocycles. The van der Waals surface area contributed by atoms with Crippen LogP contribution in [0.15, 0.2) is 23.8 Å². The molecular formula is C20H25N3O4. The Kier molecular flexibility index (Phi) is 4.13. The number of nitro groups is 1. The molecule has 3 aliphatic rings. The number of carbonyl (C=O) groups is 1. The van der Waals surface area contributed by atoms with E-state index >= 15 is 0 Å². The molecule has 1 aromatic carbocycles. The van der Waals surface area contributed by atoms with Gasteiger partial charge in [0.05, 0.1) is 4.92 Å². The fourth-order valence-electron chi connectivity index (χ4n) is 4.52. The van der Waals surface area contributed by atoms with Gasteiger partial charge in [-0.3, -0.25) is 10.1 Å². The quantitative estimate of drug-likeness (QED) is 0.586. The van der Waals surface area contributed by atoms with Crippen LogP contribution in [0.25, 0.3) is 5.57 Å². The van der Waals surface area contributed by atoms with Gasteiger partial charge in [0.1, 0.15) is 5.60 Å². The van der Waals surface area contributed by atoms with Crippen LogP contribution in [0, 0.1) is 10.1 Å². The second-order valence-corrected chi connectivity index (χ2v) is 8.60. The van der Waals surface area contributed by atoms with Crippen molar-refractivity contribution in [3.8, 4) is 0 Å². The maximum atomic E-state index is 12.6. The smallest absolute Gasteiger partial charge is 0.410 e. The number of hydrogen-bond acceptors (Lipinski definition) is 5. The molecule has 7 heteroatoms. The number of rotatable bonds is 1. The Hall–Kier alpha value is -2.57. The SMILES string of the molecule is CC(C)(C)OC(=O)N1C2CCC1CC(=C1CNc3ccc([N+](=O)[O-])cc31)C2. The van der Waals surface area contributed by atoms with Gasteiger partial charge in [0.15, 0.2) is 0 Å². The van der Waals surface area contributed by atoms with Gasteiger partial charge < -0.3 is 15.0 Å². The van der Waals surface area contributed by atoms with E-state index in [1.807, 2.05) is 25.7 Å². The van der Waals surface area contributed by atoms with Crippen molar-refractivity contribution < 1.29 is 14.5 Å². The molecule has 1 aromatic rings. The van der Waals surface area contributed by atoms with E-state index in [1.54, 1.807) is 12.1 Å². The van der Waals surface area contributed by atoms with Crippen LogP contribution in [0.2, 0.25) is 0 Å². The molecule has 27 heavy (non-hydrogen) atoms. The van der Waals surface area contributed by atoms with E-state index in [-0.39, 0.29) is 28.8 Å². The first-order valence-corrected chi connectivity index (χ1v) is 9.48. The molecular weight excluding hydrogens is 346 g/mol. The first-order chi connectivity index (χ1) is 12.7. The van der Waals surface area contributed by atoms with Gasteiger partial charge in [-0.05, 0) is 58.1 Å². The predicted molar refractivity (Wildman–Crippen MR) is 103 cm³/mol. The lowest BCUT2D eigenvalue weighted by Gasteiger charge is -2.37. The van der Waals surface area contributed by atoms with Crippen LogP contribution >= 0.6 is 0 Å². The Labute approximate surface area is 158 Å². The lowest BCUT2D eigenvalue weighted by Crippen LogP contribution is -2.47. The average molecular weight is 371 g/mol. The number of fused-ring (bicyclic) bond motifs is 3. The third kappa shape index (κ3) is 3.26. The molecule has 2 unspecified atom stereocenters. The van der Waals surface area contributed by atoms with Crippen LogP contribution in [-0.2, 0) is 4.74 Å². The van der Waals surface area contributed by atoms with Gasteiger partial charge in [0.25, 0.3) is 5.69 Å². The van der Waals surface area contributed by atoms with Crippen LogP contribution in [0.1, 0.15) is 52.0 Å². The van der Waals surface area contributed by atoms with E-state index in [1.165, 1.54) is 11.6 Å². The molecule has 0 saturated carbocycles. The van der Waals surface area contributed by atoms with Crippen LogP contribution in [0.5, 0.6) is 0 Å². The zero-order valence-electron chi connectivity index (χ0n) is 15.9. The van der Waals surface area contributed by atoms with Crippen molar-refractivity contribution in [2.45, 2.75) is 64.1 Å². The van der Waals surface area contributed by atoms with Crippen LogP contribution in [-0.4, -0.2) is 40.1 Å². The van der Waals surface area contributed by atoms with Crippen molar-refractivity contribution in [2.24, 2.45) is 0 Å². The molecule has 144 valence electrons. The number of non-ortho nitro benzene ring substituents is 1. The normalized spacial score (nSPS) is 23.9. The summed E-state index contributed by atoms with van der Waals surface area (Å²) in [6.07, 6.45) is 3.37. The molecule has 0 spiro atoms. The van der Waals surface area contributed by atoms with E-state index in [0.717, 1.165) is 42.5 Å². The summed E-state index contributed by atoms with van der Waals surface area (Å²) >= 11 is 0. The van der Waals surface area contributed by atoms with Gasteiger partial charge in [-0.1, -0.05) is 5.57 Å². The zero-order chi connectivity index (χ0) is 19.3. The largest absolute Gasteiger partial charge is 0.444 e. The van der Waals surface area contributed by atoms with Gasteiger partial charge in [0.2, 0.25) is 0 Å². The van der Waals surface area contributed by atoms with E-state index in [0.29, 0.717) is 6.54 Å². The molecule has 0 radical (unpaired) electrons. The second kappa shape index (κ2) is 6.25. The molecule has 1 amide bonds. The number of nitrogens with one attached hydrogen (secondary N) is 1. The Morgan fingerprint density at radius 1 is 1.26 bits per heavy atom. The van der Waals surface area contributed by atoms with Gasteiger partial charge in [-0.15, -0.1) is 0 Å². The minimum atomic E-state index is -0.498. The topological polar surface area (TPSA) is 84.7 Å². The summed E-state index contributed by atoms with van der Waals surface area (Å²) in [5, 5.41) is 14.5. The summed E-state index contributed by atoms with van der Waals surface area (Å²) in [6.45, 7) is 6.35. The summed E-state index contributed by atoms with van der Waals surface area (Å²) in [4.78, 5) is 25.3. The third-order valence-corrected chi connectivity index (χ3v) is 5.61. The highest BCUT2D eigenvalue weighted by molar-refractivity contribution is 5.87. The Balaban J connectivity index is 1.60. The fourth-order valence-corrected chi connectivity index (χ4v) is 4.52. The fraction of sp³-hybridized carbons (Fsp3) is 0.550. The number of hydrogen-bond donors (Lipinski definition) is 1. The zero-order valence-corrected chi connectivity index (χ0v) is 15.9. The summed E-state index contributed by atoms with van der Waals surface area (Å²) in [5.41, 5.74) is 3.98.